The minimum atomic E-state index is -1.21. The topological polar surface area (TPSA) is 134 Å². The monoisotopic (exact) mass is 671 g/mol. The Bertz CT molecular complexity index is 1580. The maximum absolute atomic E-state index is 14.8. The summed E-state index contributed by atoms with van der Waals surface area (Å²) < 4.78 is 11.3. The third kappa shape index (κ3) is 11.1. The largest absolute Gasteiger partial charge is 0.508 e. The van der Waals surface area contributed by atoms with Crippen LogP contribution in [0.3, 0.4) is 0 Å². The van der Waals surface area contributed by atoms with Gasteiger partial charge in [-0.05, 0) is 82.7 Å². The second-order valence-electron chi connectivity index (χ2n) is 14.7. The molecule has 1 aliphatic rings. The summed E-state index contributed by atoms with van der Waals surface area (Å²) in [5.74, 6) is -1.62. The molecule has 3 aromatic rings. The van der Waals surface area contributed by atoms with Crippen molar-refractivity contribution in [1.29, 1.82) is 0 Å². The summed E-state index contributed by atoms with van der Waals surface area (Å²) in [5.41, 5.74) is 0.434. The quantitative estimate of drug-likeness (QED) is 0.205. The highest BCUT2D eigenvalue weighted by atomic mass is 16.6. The number of hydrogen-bond donors (Lipinski definition) is 3. The Hall–Kier alpha value is -4.86. The van der Waals surface area contributed by atoms with Crippen molar-refractivity contribution in [3.05, 3.63) is 102 Å². The van der Waals surface area contributed by atoms with Gasteiger partial charge in [0.1, 0.15) is 35.1 Å². The van der Waals surface area contributed by atoms with Gasteiger partial charge in [0.25, 0.3) is 0 Å². The average molecular weight is 672 g/mol. The highest BCUT2D eigenvalue weighted by molar-refractivity contribution is 5.94. The molecule has 0 heterocycles. The maximum atomic E-state index is 14.8. The van der Waals surface area contributed by atoms with Gasteiger partial charge in [0, 0.05) is 18.9 Å². The summed E-state index contributed by atoms with van der Waals surface area (Å²) in [6, 6.07) is 20.9. The number of carbonyl (C=O) groups is 4. The SMILES string of the molecule is CC1CC1N(C(=O)C(Cc1ccccc1)NC(=O)OC(C)(C)C)C(C(=O)NC(Cc1ccccc1)C(=O)OC(C)(C)C)c1ccc(O)cc1. The van der Waals surface area contributed by atoms with Crippen LogP contribution >= 0.6 is 0 Å². The first-order valence-corrected chi connectivity index (χ1v) is 16.7. The Morgan fingerprint density at radius 3 is 1.71 bits per heavy atom. The maximum Gasteiger partial charge on any atom is 0.408 e. The predicted octanol–water partition coefficient (Wildman–Crippen LogP) is 5.88. The second-order valence-corrected chi connectivity index (χ2v) is 14.7. The third-order valence-corrected chi connectivity index (χ3v) is 7.98. The van der Waals surface area contributed by atoms with Crippen LogP contribution in [0.25, 0.3) is 0 Å². The van der Waals surface area contributed by atoms with Crippen molar-refractivity contribution in [2.24, 2.45) is 5.92 Å². The molecule has 262 valence electrons. The summed E-state index contributed by atoms with van der Waals surface area (Å²) in [7, 11) is 0. The highest BCUT2D eigenvalue weighted by Crippen LogP contribution is 2.41. The zero-order valence-electron chi connectivity index (χ0n) is 29.4. The van der Waals surface area contributed by atoms with E-state index in [4.69, 9.17) is 9.47 Å². The van der Waals surface area contributed by atoms with Crippen molar-refractivity contribution in [2.45, 2.75) is 103 Å². The fourth-order valence-corrected chi connectivity index (χ4v) is 5.61. The number of nitrogens with zero attached hydrogens (tertiary/aromatic N) is 1. The van der Waals surface area contributed by atoms with E-state index in [9.17, 15) is 24.3 Å². The van der Waals surface area contributed by atoms with Crippen molar-refractivity contribution in [1.82, 2.24) is 15.5 Å². The number of carbonyl (C=O) groups excluding carboxylic acids is 4. The third-order valence-electron chi connectivity index (χ3n) is 7.98. The summed E-state index contributed by atoms with van der Waals surface area (Å²) in [5, 5.41) is 15.8. The first kappa shape index (κ1) is 37.0. The Balaban J connectivity index is 1.76. The van der Waals surface area contributed by atoms with Crippen molar-refractivity contribution in [3.8, 4) is 5.75 Å². The normalized spacial score (nSPS) is 17.5. The molecule has 4 rings (SSSR count). The number of phenols is 1. The second kappa shape index (κ2) is 15.6. The minimum absolute atomic E-state index is 0.00942. The molecule has 1 fully saturated rings. The van der Waals surface area contributed by atoms with Crippen LogP contribution in [0, 0.1) is 5.92 Å². The fraction of sp³-hybridized carbons (Fsp3) is 0.436. The van der Waals surface area contributed by atoms with Crippen molar-refractivity contribution in [3.63, 3.8) is 0 Å². The minimum Gasteiger partial charge on any atom is -0.508 e. The van der Waals surface area contributed by atoms with E-state index in [0.29, 0.717) is 12.0 Å². The molecule has 0 saturated heterocycles. The first-order chi connectivity index (χ1) is 23.0. The number of amides is 3. The van der Waals surface area contributed by atoms with Gasteiger partial charge in [-0.25, -0.2) is 9.59 Å². The van der Waals surface area contributed by atoms with E-state index in [2.05, 4.69) is 10.6 Å². The molecule has 10 heteroatoms. The van der Waals surface area contributed by atoms with Crippen LogP contribution in [-0.4, -0.2) is 63.2 Å². The van der Waals surface area contributed by atoms with E-state index < -0.39 is 53.2 Å². The summed E-state index contributed by atoms with van der Waals surface area (Å²) >= 11 is 0. The van der Waals surface area contributed by atoms with Crippen LogP contribution < -0.4 is 10.6 Å². The molecule has 0 bridgehead atoms. The first-order valence-electron chi connectivity index (χ1n) is 16.7. The number of phenolic OH excluding ortho intramolecular Hbond substituents is 1. The van der Waals surface area contributed by atoms with Gasteiger partial charge in [-0.15, -0.1) is 0 Å². The molecule has 1 aliphatic carbocycles. The van der Waals surface area contributed by atoms with Crippen LogP contribution in [0.4, 0.5) is 4.79 Å². The smallest absolute Gasteiger partial charge is 0.408 e. The molecule has 0 spiro atoms. The van der Waals surface area contributed by atoms with E-state index in [-0.39, 0.29) is 30.6 Å². The molecule has 10 nitrogen and oxygen atoms in total. The zero-order valence-corrected chi connectivity index (χ0v) is 29.4. The highest BCUT2D eigenvalue weighted by Gasteiger charge is 2.48. The lowest BCUT2D eigenvalue weighted by Gasteiger charge is -2.36. The Morgan fingerprint density at radius 1 is 0.755 bits per heavy atom. The number of alkyl carbamates (subject to hydrolysis) is 1. The molecule has 49 heavy (non-hydrogen) atoms. The van der Waals surface area contributed by atoms with Crippen LogP contribution in [0.5, 0.6) is 5.75 Å². The van der Waals surface area contributed by atoms with Crippen molar-refractivity contribution in [2.75, 3.05) is 0 Å². The fourth-order valence-electron chi connectivity index (χ4n) is 5.61. The number of benzene rings is 3. The van der Waals surface area contributed by atoms with Gasteiger partial charge in [0.15, 0.2) is 0 Å². The molecular weight excluding hydrogens is 622 g/mol. The van der Waals surface area contributed by atoms with Crippen molar-refractivity contribution >= 4 is 23.9 Å². The number of ether oxygens (including phenoxy) is 2. The standard InChI is InChI=1S/C39H49N3O7/c1-25-22-32(25)42(35(45)30(23-26-14-10-8-11-15-26)41-37(47)49-39(5,6)7)33(28-18-20-29(43)21-19-28)34(44)40-31(36(46)48-38(2,3)4)24-27-16-12-9-13-17-27/h8-21,25,30-33,43H,22-24H2,1-7H3,(H,40,44)(H,41,47). The molecule has 0 radical (unpaired) electrons. The van der Waals surface area contributed by atoms with Gasteiger partial charge in [0.2, 0.25) is 11.8 Å². The van der Waals surface area contributed by atoms with Crippen LogP contribution in [0.2, 0.25) is 0 Å². The molecular formula is C39H49N3O7. The zero-order chi connectivity index (χ0) is 35.9. The Morgan fingerprint density at radius 2 is 1.24 bits per heavy atom. The van der Waals surface area contributed by atoms with Crippen molar-refractivity contribution < 1.29 is 33.8 Å². The van der Waals surface area contributed by atoms with E-state index in [0.717, 1.165) is 11.1 Å². The van der Waals surface area contributed by atoms with E-state index in [1.807, 2.05) is 67.6 Å². The lowest BCUT2D eigenvalue weighted by Crippen LogP contribution is -2.56. The Kier molecular flexibility index (Phi) is 11.7. The summed E-state index contributed by atoms with van der Waals surface area (Å²) in [4.78, 5) is 57.5. The van der Waals surface area contributed by atoms with Crippen LogP contribution in [0.15, 0.2) is 84.9 Å². The molecule has 0 aromatic heterocycles. The number of esters is 1. The number of hydrogen-bond acceptors (Lipinski definition) is 7. The van der Waals surface area contributed by atoms with E-state index >= 15 is 0 Å². The van der Waals surface area contributed by atoms with Gasteiger partial charge < -0.3 is 30.1 Å². The molecule has 1 saturated carbocycles. The molecule has 5 atom stereocenters. The van der Waals surface area contributed by atoms with Crippen LogP contribution in [-0.2, 0) is 36.7 Å². The summed E-state index contributed by atoms with van der Waals surface area (Å²) in [6.07, 6.45) is 0.185. The van der Waals surface area contributed by atoms with E-state index in [1.165, 1.54) is 17.0 Å². The molecule has 3 aromatic carbocycles. The molecule has 3 N–H and O–H groups in total. The lowest BCUT2D eigenvalue weighted by molar-refractivity contribution is -0.159. The Labute approximate surface area is 289 Å². The number of nitrogens with one attached hydrogen (secondary N) is 2. The molecule has 3 amide bonds. The lowest BCUT2D eigenvalue weighted by atomic mass is 9.98. The van der Waals surface area contributed by atoms with Gasteiger partial charge >= 0.3 is 12.1 Å². The number of aromatic hydroxyl groups is 1. The predicted molar refractivity (Wildman–Crippen MR) is 186 cm³/mol. The van der Waals surface area contributed by atoms with Gasteiger partial charge in [0.05, 0.1) is 0 Å². The van der Waals surface area contributed by atoms with E-state index in [1.54, 1.807) is 53.7 Å². The average Bonchev–Trinajstić information content (AvgIpc) is 3.74. The van der Waals surface area contributed by atoms with Gasteiger partial charge in [-0.2, -0.15) is 0 Å². The van der Waals surface area contributed by atoms with Gasteiger partial charge in [-0.1, -0.05) is 79.7 Å². The molecule has 0 aliphatic heterocycles. The number of rotatable bonds is 12. The summed E-state index contributed by atoms with van der Waals surface area (Å²) in [6.45, 7) is 12.5. The van der Waals surface area contributed by atoms with Gasteiger partial charge in [-0.3, -0.25) is 9.59 Å². The molecule has 5 unspecified atom stereocenters. The van der Waals surface area contributed by atoms with Crippen LogP contribution in [0.1, 0.15) is 77.6 Å².